The van der Waals surface area contributed by atoms with Crippen LogP contribution in [0.1, 0.15) is 22.3 Å². The predicted octanol–water partition coefficient (Wildman–Crippen LogP) is 1.68. The Bertz CT molecular complexity index is 572. The van der Waals surface area contributed by atoms with E-state index in [0.717, 1.165) is 22.8 Å². The van der Waals surface area contributed by atoms with Crippen LogP contribution in [0.2, 0.25) is 0 Å². The lowest BCUT2D eigenvalue weighted by Crippen LogP contribution is -1.95. The van der Waals surface area contributed by atoms with E-state index in [2.05, 4.69) is 16.8 Å². The molecular weight excluding hydrogens is 200 g/mol. The molecule has 1 aromatic heterocycles. The van der Waals surface area contributed by atoms with Crippen LogP contribution >= 0.6 is 0 Å². The average Bonchev–Trinajstić information content (AvgIpc) is 2.71. The minimum atomic E-state index is 0.568. The maximum absolute atomic E-state index is 10.8. The normalized spacial score (nSPS) is 9.81. The Morgan fingerprint density at radius 2 is 2.31 bits per heavy atom. The van der Waals surface area contributed by atoms with Gasteiger partial charge in [-0.1, -0.05) is 11.8 Å². The van der Waals surface area contributed by atoms with E-state index in [1.807, 2.05) is 18.2 Å². The van der Waals surface area contributed by atoms with Gasteiger partial charge in [-0.2, -0.15) is 0 Å². The Hall–Kier alpha value is -2.05. The van der Waals surface area contributed by atoms with Crippen molar-refractivity contribution in [1.29, 1.82) is 0 Å². The van der Waals surface area contributed by atoms with Crippen molar-refractivity contribution in [3.63, 3.8) is 0 Å². The molecule has 0 fully saturated rings. The van der Waals surface area contributed by atoms with Gasteiger partial charge in [0.1, 0.15) is 0 Å². The van der Waals surface area contributed by atoms with Gasteiger partial charge in [-0.25, -0.2) is 0 Å². The molecule has 0 bridgehead atoms. The monoisotopic (exact) mass is 212 g/mol. The number of H-pyrrole nitrogens is 1. The van der Waals surface area contributed by atoms with Gasteiger partial charge in [-0.15, -0.1) is 0 Å². The van der Waals surface area contributed by atoms with Crippen LogP contribution < -0.4 is 5.73 Å². The van der Waals surface area contributed by atoms with Crippen molar-refractivity contribution in [1.82, 2.24) is 4.98 Å². The zero-order valence-electron chi connectivity index (χ0n) is 8.79. The largest absolute Gasteiger partial charge is 0.360 e. The molecule has 0 aliphatic carbocycles. The second-order valence-electron chi connectivity index (χ2n) is 3.46. The fourth-order valence-electron chi connectivity index (χ4n) is 1.55. The van der Waals surface area contributed by atoms with E-state index >= 15 is 0 Å². The Balaban J connectivity index is 2.43. The fraction of sp³-hybridized carbons (Fsp3) is 0.154. The first-order chi connectivity index (χ1) is 7.85. The SMILES string of the molecule is NCCC#Cc1ccc2[nH]cc(C=O)c2c1. The summed E-state index contributed by atoms with van der Waals surface area (Å²) >= 11 is 0. The van der Waals surface area contributed by atoms with E-state index in [0.29, 0.717) is 18.5 Å². The Morgan fingerprint density at radius 3 is 3.06 bits per heavy atom. The summed E-state index contributed by atoms with van der Waals surface area (Å²) in [7, 11) is 0. The minimum absolute atomic E-state index is 0.568. The molecule has 2 aromatic rings. The lowest BCUT2D eigenvalue weighted by Gasteiger charge is -1.93. The molecule has 3 N–H and O–H groups in total. The van der Waals surface area contributed by atoms with E-state index < -0.39 is 0 Å². The zero-order valence-corrected chi connectivity index (χ0v) is 8.79. The predicted molar refractivity (Wildman–Crippen MR) is 64.2 cm³/mol. The van der Waals surface area contributed by atoms with Crippen LogP contribution in [0.5, 0.6) is 0 Å². The number of carbonyl (C=O) groups excluding carboxylic acids is 1. The molecule has 0 saturated heterocycles. The van der Waals surface area contributed by atoms with Crippen molar-refractivity contribution >= 4 is 17.2 Å². The van der Waals surface area contributed by atoms with E-state index in [-0.39, 0.29) is 0 Å². The van der Waals surface area contributed by atoms with Gasteiger partial charge in [0, 0.05) is 41.2 Å². The summed E-state index contributed by atoms with van der Waals surface area (Å²) in [5.74, 6) is 5.99. The number of nitrogens with one attached hydrogen (secondary N) is 1. The number of hydrogen-bond acceptors (Lipinski definition) is 2. The minimum Gasteiger partial charge on any atom is -0.360 e. The third-order valence-corrected chi connectivity index (χ3v) is 2.34. The quantitative estimate of drug-likeness (QED) is 0.587. The van der Waals surface area contributed by atoms with Crippen molar-refractivity contribution < 1.29 is 4.79 Å². The van der Waals surface area contributed by atoms with E-state index in [1.165, 1.54) is 0 Å². The van der Waals surface area contributed by atoms with Crippen LogP contribution in [0.15, 0.2) is 24.4 Å². The highest BCUT2D eigenvalue weighted by atomic mass is 16.1. The molecule has 0 aliphatic heterocycles. The Kier molecular flexibility index (Phi) is 3.04. The van der Waals surface area contributed by atoms with Crippen molar-refractivity contribution in [2.45, 2.75) is 6.42 Å². The van der Waals surface area contributed by atoms with Gasteiger partial charge in [0.2, 0.25) is 0 Å². The van der Waals surface area contributed by atoms with Crippen molar-refractivity contribution in [2.24, 2.45) is 5.73 Å². The number of carbonyl (C=O) groups is 1. The van der Waals surface area contributed by atoms with Gasteiger partial charge in [0.05, 0.1) is 0 Å². The topological polar surface area (TPSA) is 58.9 Å². The maximum Gasteiger partial charge on any atom is 0.152 e. The van der Waals surface area contributed by atoms with Crippen molar-refractivity contribution in [2.75, 3.05) is 6.54 Å². The highest BCUT2D eigenvalue weighted by molar-refractivity contribution is 5.97. The van der Waals surface area contributed by atoms with Crippen LogP contribution in [0, 0.1) is 11.8 Å². The first kappa shape index (κ1) is 10.5. The lowest BCUT2D eigenvalue weighted by atomic mass is 10.1. The fourth-order valence-corrected chi connectivity index (χ4v) is 1.55. The summed E-state index contributed by atoms with van der Waals surface area (Å²) in [4.78, 5) is 13.8. The average molecular weight is 212 g/mol. The Morgan fingerprint density at radius 1 is 1.44 bits per heavy atom. The van der Waals surface area contributed by atoms with Crippen LogP contribution in [-0.2, 0) is 0 Å². The summed E-state index contributed by atoms with van der Waals surface area (Å²) in [6, 6.07) is 5.77. The number of hydrogen-bond donors (Lipinski definition) is 2. The lowest BCUT2D eigenvalue weighted by molar-refractivity contribution is 0.112. The number of aldehydes is 1. The standard InChI is InChI=1S/C13H12N2O/c14-6-2-1-3-10-4-5-13-12(7-10)11(9-16)8-15-13/h4-5,7-9,15H,2,6,14H2. The molecule has 0 radical (unpaired) electrons. The van der Waals surface area contributed by atoms with Gasteiger partial charge in [0.15, 0.2) is 6.29 Å². The molecule has 0 unspecified atom stereocenters. The molecule has 3 heteroatoms. The second-order valence-corrected chi connectivity index (χ2v) is 3.46. The van der Waals surface area contributed by atoms with Gasteiger partial charge in [0.25, 0.3) is 0 Å². The highest BCUT2D eigenvalue weighted by Crippen LogP contribution is 2.17. The van der Waals surface area contributed by atoms with Crippen LogP contribution in [0.25, 0.3) is 10.9 Å². The zero-order chi connectivity index (χ0) is 11.4. The van der Waals surface area contributed by atoms with Crippen molar-refractivity contribution in [3.05, 3.63) is 35.5 Å². The second kappa shape index (κ2) is 4.65. The first-order valence-electron chi connectivity index (χ1n) is 5.10. The Labute approximate surface area is 93.6 Å². The third-order valence-electron chi connectivity index (χ3n) is 2.34. The summed E-state index contributed by atoms with van der Waals surface area (Å²) in [6.07, 6.45) is 3.23. The smallest absolute Gasteiger partial charge is 0.152 e. The molecule has 2 rings (SSSR count). The molecule has 0 aliphatic rings. The van der Waals surface area contributed by atoms with Crippen LogP contribution in [-0.4, -0.2) is 17.8 Å². The van der Waals surface area contributed by atoms with Gasteiger partial charge >= 0.3 is 0 Å². The molecular formula is C13H12N2O. The molecule has 16 heavy (non-hydrogen) atoms. The highest BCUT2D eigenvalue weighted by Gasteiger charge is 2.02. The number of aromatic nitrogens is 1. The number of aromatic amines is 1. The van der Waals surface area contributed by atoms with Crippen LogP contribution in [0.4, 0.5) is 0 Å². The number of benzene rings is 1. The van der Waals surface area contributed by atoms with E-state index in [4.69, 9.17) is 5.73 Å². The number of fused-ring (bicyclic) bond motifs is 1. The number of nitrogens with two attached hydrogens (primary N) is 1. The van der Waals surface area contributed by atoms with E-state index in [1.54, 1.807) is 6.20 Å². The molecule has 3 nitrogen and oxygen atoms in total. The maximum atomic E-state index is 10.8. The van der Waals surface area contributed by atoms with Gasteiger partial charge < -0.3 is 10.7 Å². The van der Waals surface area contributed by atoms with Crippen molar-refractivity contribution in [3.8, 4) is 11.8 Å². The first-order valence-corrected chi connectivity index (χ1v) is 5.10. The summed E-state index contributed by atoms with van der Waals surface area (Å²) < 4.78 is 0. The summed E-state index contributed by atoms with van der Waals surface area (Å²) in [6.45, 7) is 0.568. The van der Waals surface area contributed by atoms with Crippen LogP contribution in [0.3, 0.4) is 0 Å². The molecule has 1 aromatic carbocycles. The van der Waals surface area contributed by atoms with Gasteiger partial charge in [-0.3, -0.25) is 4.79 Å². The number of rotatable bonds is 2. The summed E-state index contributed by atoms with van der Waals surface area (Å²) in [5.41, 5.74) is 7.88. The van der Waals surface area contributed by atoms with E-state index in [9.17, 15) is 4.79 Å². The molecule has 0 saturated carbocycles. The molecule has 0 atom stereocenters. The molecule has 0 spiro atoms. The molecule has 80 valence electrons. The molecule has 0 amide bonds. The third kappa shape index (κ3) is 1.97. The summed E-state index contributed by atoms with van der Waals surface area (Å²) in [5, 5.41) is 0.912. The van der Waals surface area contributed by atoms with Gasteiger partial charge in [-0.05, 0) is 18.2 Å². The molecule has 1 heterocycles.